The van der Waals surface area contributed by atoms with Gasteiger partial charge >= 0.3 is 0 Å². The minimum atomic E-state index is -0.458. The van der Waals surface area contributed by atoms with E-state index in [-0.39, 0.29) is 34.9 Å². The highest BCUT2D eigenvalue weighted by Gasteiger charge is 2.27. The summed E-state index contributed by atoms with van der Waals surface area (Å²) in [5.41, 5.74) is 5.91. The summed E-state index contributed by atoms with van der Waals surface area (Å²) in [6.45, 7) is 6.21. The summed E-state index contributed by atoms with van der Waals surface area (Å²) in [6.07, 6.45) is 1.55. The molecule has 41 heavy (non-hydrogen) atoms. The average molecular weight is 571 g/mol. The van der Waals surface area contributed by atoms with E-state index in [0.29, 0.717) is 18.8 Å². The molecule has 5 rings (SSSR count). The number of hydrazone groups is 1. The van der Waals surface area contributed by atoms with Crippen molar-refractivity contribution in [2.75, 3.05) is 31.1 Å². The zero-order valence-corrected chi connectivity index (χ0v) is 23.6. The number of carbonyl (C=O) groups excluding carboxylic acids is 2. The number of hydrogen-bond donors (Lipinski definition) is 2. The minimum absolute atomic E-state index is 0.0486. The van der Waals surface area contributed by atoms with Crippen molar-refractivity contribution >= 4 is 46.1 Å². The van der Waals surface area contributed by atoms with Crippen LogP contribution in [0.5, 0.6) is 11.5 Å². The highest BCUT2D eigenvalue weighted by molar-refractivity contribution is 6.32. The lowest BCUT2D eigenvalue weighted by molar-refractivity contribution is -0.134. The van der Waals surface area contributed by atoms with E-state index in [4.69, 9.17) is 16.3 Å². The molecule has 8 nitrogen and oxygen atoms in total. The first-order valence-electron chi connectivity index (χ1n) is 13.4. The highest BCUT2D eigenvalue weighted by Crippen LogP contribution is 2.28. The monoisotopic (exact) mass is 570 g/mol. The Hall–Kier alpha value is -4.56. The number of nitrogens with zero attached hydrogens (tertiary/aromatic N) is 3. The Labute approximate surface area is 243 Å². The fourth-order valence-electron chi connectivity index (χ4n) is 5.01. The first kappa shape index (κ1) is 28.0. The molecule has 4 aromatic carbocycles. The number of ether oxygens (including phenoxy) is 1. The van der Waals surface area contributed by atoms with Crippen molar-refractivity contribution < 1.29 is 19.4 Å². The molecule has 0 aromatic heterocycles. The number of phenolic OH excluding ortho intramolecular Hbond substituents is 1. The van der Waals surface area contributed by atoms with Crippen LogP contribution in [-0.2, 0) is 4.79 Å². The zero-order valence-electron chi connectivity index (χ0n) is 22.9. The Morgan fingerprint density at radius 2 is 1.85 bits per heavy atom. The highest BCUT2D eigenvalue weighted by atomic mass is 35.5. The van der Waals surface area contributed by atoms with Gasteiger partial charge in [-0.05, 0) is 67.3 Å². The van der Waals surface area contributed by atoms with E-state index in [1.165, 1.54) is 29.4 Å². The van der Waals surface area contributed by atoms with Crippen LogP contribution in [0.25, 0.3) is 10.8 Å². The fraction of sp³-hybridized carbons (Fsp3) is 0.219. The SMILES string of the molecule is Cc1cccc(N2CCN(C(=O)COc3ccc(C=NNC(=O)c4ccc(O)c(Cl)c4)c4ccccc34)CC2C)c1. The zero-order chi connectivity index (χ0) is 28.9. The smallest absolute Gasteiger partial charge is 0.271 e. The number of phenols is 1. The molecule has 0 aliphatic carbocycles. The molecule has 9 heteroatoms. The molecule has 1 heterocycles. The maximum absolute atomic E-state index is 13.1. The van der Waals surface area contributed by atoms with Gasteiger partial charge in [0, 0.05) is 47.9 Å². The normalized spacial score (nSPS) is 15.3. The number of fused-ring (bicyclic) bond motifs is 1. The van der Waals surface area contributed by atoms with Crippen LogP contribution >= 0.6 is 11.6 Å². The number of rotatable bonds is 7. The van der Waals surface area contributed by atoms with Gasteiger partial charge in [0.1, 0.15) is 11.5 Å². The van der Waals surface area contributed by atoms with Gasteiger partial charge in [-0.2, -0.15) is 5.10 Å². The summed E-state index contributed by atoms with van der Waals surface area (Å²) < 4.78 is 6.02. The van der Waals surface area contributed by atoms with Crippen LogP contribution in [0.2, 0.25) is 5.02 Å². The molecule has 0 bridgehead atoms. The summed E-state index contributed by atoms with van der Waals surface area (Å²) >= 11 is 5.89. The van der Waals surface area contributed by atoms with Crippen molar-refractivity contribution in [3.05, 3.63) is 101 Å². The molecule has 1 unspecified atom stereocenters. The number of hydrogen-bond acceptors (Lipinski definition) is 6. The number of amides is 2. The Balaban J connectivity index is 1.22. The van der Waals surface area contributed by atoms with Crippen molar-refractivity contribution in [3.8, 4) is 11.5 Å². The molecule has 2 amide bonds. The summed E-state index contributed by atoms with van der Waals surface area (Å²) in [7, 11) is 0. The standard InChI is InChI=1S/C32H31ClN4O4/c1-21-6-5-7-25(16-21)37-15-14-36(19-22(37)2)31(39)20-41-30-13-11-24(26-8-3-4-9-27(26)30)18-34-35-32(40)23-10-12-29(38)28(33)17-23/h3-13,16-18,22,38H,14-15,19-20H2,1-2H3,(H,35,40). The second-order valence-corrected chi connectivity index (χ2v) is 10.5. The van der Waals surface area contributed by atoms with Crippen LogP contribution in [0.1, 0.15) is 28.4 Å². The Bertz CT molecular complexity index is 1620. The third-order valence-corrected chi connectivity index (χ3v) is 7.46. The maximum atomic E-state index is 13.1. The summed E-state index contributed by atoms with van der Waals surface area (Å²) in [5.74, 6) is -0.00905. The molecule has 1 aliphatic rings. The molecule has 1 fully saturated rings. The molecular formula is C32H31ClN4O4. The largest absolute Gasteiger partial charge is 0.506 e. The van der Waals surface area contributed by atoms with Crippen LogP contribution in [0.3, 0.4) is 0 Å². The average Bonchev–Trinajstić information content (AvgIpc) is 2.97. The first-order valence-corrected chi connectivity index (χ1v) is 13.8. The van der Waals surface area contributed by atoms with Gasteiger partial charge < -0.3 is 19.6 Å². The van der Waals surface area contributed by atoms with Crippen molar-refractivity contribution in [2.24, 2.45) is 5.10 Å². The molecular weight excluding hydrogens is 540 g/mol. The van der Waals surface area contributed by atoms with Crippen LogP contribution in [0.15, 0.2) is 84.0 Å². The molecule has 1 atom stereocenters. The lowest BCUT2D eigenvalue weighted by atomic mass is 10.0. The van der Waals surface area contributed by atoms with Gasteiger partial charge in [0.05, 0.1) is 11.2 Å². The minimum Gasteiger partial charge on any atom is -0.506 e. The van der Waals surface area contributed by atoms with Gasteiger partial charge in [0.15, 0.2) is 6.61 Å². The lowest BCUT2D eigenvalue weighted by Gasteiger charge is -2.41. The Kier molecular flexibility index (Phi) is 8.40. The number of aromatic hydroxyl groups is 1. The fourth-order valence-corrected chi connectivity index (χ4v) is 5.19. The van der Waals surface area contributed by atoms with E-state index in [2.05, 4.69) is 53.5 Å². The van der Waals surface area contributed by atoms with E-state index < -0.39 is 5.91 Å². The van der Waals surface area contributed by atoms with Gasteiger partial charge in [-0.3, -0.25) is 9.59 Å². The third-order valence-electron chi connectivity index (χ3n) is 7.16. The molecule has 210 valence electrons. The number of anilines is 1. The predicted molar refractivity (Wildman–Crippen MR) is 162 cm³/mol. The van der Waals surface area contributed by atoms with E-state index >= 15 is 0 Å². The second kappa shape index (κ2) is 12.3. The third kappa shape index (κ3) is 6.44. The maximum Gasteiger partial charge on any atom is 0.271 e. The van der Waals surface area contributed by atoms with Gasteiger partial charge in [-0.15, -0.1) is 0 Å². The van der Waals surface area contributed by atoms with Crippen LogP contribution in [0.4, 0.5) is 5.69 Å². The summed E-state index contributed by atoms with van der Waals surface area (Å²) in [4.78, 5) is 29.7. The van der Waals surface area contributed by atoms with E-state index in [1.807, 2.05) is 35.2 Å². The van der Waals surface area contributed by atoms with E-state index in [1.54, 1.807) is 12.3 Å². The Morgan fingerprint density at radius 3 is 2.61 bits per heavy atom. The van der Waals surface area contributed by atoms with Crippen LogP contribution < -0.4 is 15.1 Å². The molecule has 0 saturated carbocycles. The predicted octanol–water partition coefficient (Wildman–Crippen LogP) is 5.39. The van der Waals surface area contributed by atoms with Crippen LogP contribution in [-0.4, -0.2) is 60.3 Å². The van der Waals surface area contributed by atoms with Gasteiger partial charge in [0.2, 0.25) is 0 Å². The summed E-state index contributed by atoms with van der Waals surface area (Å²) in [5, 5.41) is 15.4. The molecule has 2 N–H and O–H groups in total. The molecule has 0 spiro atoms. The second-order valence-electron chi connectivity index (χ2n) is 10.1. The van der Waals surface area contributed by atoms with Gasteiger partial charge in [-0.25, -0.2) is 5.43 Å². The number of halogens is 1. The van der Waals surface area contributed by atoms with Crippen LogP contribution in [0, 0.1) is 6.92 Å². The van der Waals surface area contributed by atoms with Crippen molar-refractivity contribution in [3.63, 3.8) is 0 Å². The molecule has 0 radical (unpaired) electrons. The quantitative estimate of drug-likeness (QED) is 0.230. The number of aryl methyl sites for hydroxylation is 1. The van der Waals surface area contributed by atoms with Gasteiger partial charge in [-0.1, -0.05) is 48.0 Å². The number of piperazine rings is 1. The number of nitrogens with one attached hydrogen (secondary N) is 1. The van der Waals surface area contributed by atoms with Crippen molar-refractivity contribution in [1.29, 1.82) is 0 Å². The topological polar surface area (TPSA) is 94.5 Å². The molecule has 4 aromatic rings. The molecule has 1 aliphatic heterocycles. The first-order chi connectivity index (χ1) is 19.8. The Morgan fingerprint density at radius 1 is 1.05 bits per heavy atom. The number of carbonyl (C=O) groups is 2. The van der Waals surface area contributed by atoms with Gasteiger partial charge in [0.25, 0.3) is 11.8 Å². The van der Waals surface area contributed by atoms with Crippen molar-refractivity contribution in [1.82, 2.24) is 10.3 Å². The van der Waals surface area contributed by atoms with Crippen molar-refractivity contribution in [2.45, 2.75) is 19.9 Å². The van der Waals surface area contributed by atoms with E-state index in [0.717, 1.165) is 22.9 Å². The lowest BCUT2D eigenvalue weighted by Crippen LogP contribution is -2.54. The molecule has 1 saturated heterocycles. The number of benzene rings is 4. The van der Waals surface area contributed by atoms with E-state index in [9.17, 15) is 14.7 Å². The summed E-state index contributed by atoms with van der Waals surface area (Å²) in [6, 6.07) is 24.1.